The molecule has 14 heavy (non-hydrogen) atoms. The van der Waals surface area contributed by atoms with E-state index < -0.39 is 0 Å². The minimum absolute atomic E-state index is 0.161. The highest BCUT2D eigenvalue weighted by Crippen LogP contribution is 2.20. The molecule has 0 spiro atoms. The van der Waals surface area contributed by atoms with E-state index in [1.807, 2.05) is 10.9 Å². The van der Waals surface area contributed by atoms with Crippen LogP contribution in [0.3, 0.4) is 0 Å². The predicted molar refractivity (Wildman–Crippen MR) is 61.0 cm³/mol. The van der Waals surface area contributed by atoms with Crippen molar-refractivity contribution >= 4 is 15.9 Å². The Labute approximate surface area is 93.6 Å². The fourth-order valence-electron chi connectivity index (χ4n) is 0.909. The Bertz CT molecular complexity index is 283. The number of nitrogens with zero attached hydrogens (tertiary/aromatic N) is 2. The molecule has 0 amide bonds. The maximum Gasteiger partial charge on any atom is 0.157 e. The maximum atomic E-state index is 5.63. The monoisotopic (exact) mass is 260 g/mol. The third-order valence-corrected chi connectivity index (χ3v) is 3.44. The van der Waals surface area contributed by atoms with Gasteiger partial charge in [-0.2, -0.15) is 5.10 Å². The first-order valence-corrected chi connectivity index (χ1v) is 5.91. The van der Waals surface area contributed by atoms with E-state index in [9.17, 15) is 0 Å². The normalized spacial score (nSPS) is 11.7. The lowest BCUT2D eigenvalue weighted by Crippen LogP contribution is -2.22. The number of alkyl halides is 1. The summed E-state index contributed by atoms with van der Waals surface area (Å²) in [6, 6.07) is 0. The van der Waals surface area contributed by atoms with Crippen molar-refractivity contribution in [1.82, 2.24) is 9.78 Å². The van der Waals surface area contributed by atoms with Gasteiger partial charge in [0.05, 0.1) is 19.0 Å². The molecule has 3 nitrogen and oxygen atoms in total. The molecule has 1 rings (SSSR count). The molecule has 80 valence electrons. The Morgan fingerprint density at radius 3 is 2.79 bits per heavy atom. The van der Waals surface area contributed by atoms with Gasteiger partial charge in [0.25, 0.3) is 0 Å². The second kappa shape index (κ2) is 4.82. The third kappa shape index (κ3) is 3.33. The zero-order valence-electron chi connectivity index (χ0n) is 8.96. The van der Waals surface area contributed by atoms with Crippen LogP contribution in [0, 0.1) is 5.41 Å². The zero-order chi connectivity index (χ0) is 10.6. The summed E-state index contributed by atoms with van der Waals surface area (Å²) in [5.74, 6) is 0.848. The molecule has 1 aromatic heterocycles. The molecule has 0 bridgehead atoms. The zero-order valence-corrected chi connectivity index (χ0v) is 10.5. The van der Waals surface area contributed by atoms with Crippen LogP contribution in [0.1, 0.15) is 20.8 Å². The van der Waals surface area contributed by atoms with Crippen molar-refractivity contribution in [1.29, 1.82) is 0 Å². The van der Waals surface area contributed by atoms with Crippen molar-refractivity contribution in [2.75, 3.05) is 11.9 Å². The van der Waals surface area contributed by atoms with Crippen LogP contribution in [-0.2, 0) is 6.54 Å². The largest absolute Gasteiger partial charge is 0.490 e. The van der Waals surface area contributed by atoms with Gasteiger partial charge in [-0.3, -0.25) is 4.68 Å². The maximum absolute atomic E-state index is 5.63. The van der Waals surface area contributed by atoms with Crippen LogP contribution in [0.2, 0.25) is 0 Å². The first-order valence-electron chi connectivity index (χ1n) is 4.78. The minimum atomic E-state index is 0.161. The fraction of sp³-hybridized carbons (Fsp3) is 0.700. The van der Waals surface area contributed by atoms with Crippen LogP contribution in [-0.4, -0.2) is 21.7 Å². The van der Waals surface area contributed by atoms with Gasteiger partial charge in [0.15, 0.2) is 5.75 Å². The van der Waals surface area contributed by atoms with Crippen LogP contribution in [0.25, 0.3) is 0 Å². The number of rotatable bonds is 5. The number of hydrogen-bond donors (Lipinski definition) is 0. The second-order valence-corrected chi connectivity index (χ2v) is 4.68. The average Bonchev–Trinajstić information content (AvgIpc) is 2.63. The van der Waals surface area contributed by atoms with Crippen molar-refractivity contribution in [3.63, 3.8) is 0 Å². The van der Waals surface area contributed by atoms with Crippen molar-refractivity contribution in [3.05, 3.63) is 12.4 Å². The van der Waals surface area contributed by atoms with Crippen LogP contribution in [0.4, 0.5) is 0 Å². The smallest absolute Gasteiger partial charge is 0.157 e. The molecular weight excluding hydrogens is 244 g/mol. The molecule has 0 radical (unpaired) electrons. The topological polar surface area (TPSA) is 27.1 Å². The average molecular weight is 261 g/mol. The van der Waals surface area contributed by atoms with Gasteiger partial charge < -0.3 is 4.74 Å². The van der Waals surface area contributed by atoms with Crippen molar-refractivity contribution in [2.24, 2.45) is 5.41 Å². The molecule has 0 saturated carbocycles. The molecule has 0 aliphatic rings. The molecule has 1 aromatic rings. The van der Waals surface area contributed by atoms with Gasteiger partial charge in [-0.25, -0.2) is 0 Å². The molecule has 0 aliphatic carbocycles. The summed E-state index contributed by atoms with van der Waals surface area (Å²) in [6.45, 7) is 7.95. The SMILES string of the molecule is CCn1cc(OCC(C)(C)CBr)cn1. The number of aryl methyl sites for hydroxylation is 1. The van der Waals surface area contributed by atoms with Crippen molar-refractivity contribution in [2.45, 2.75) is 27.3 Å². The van der Waals surface area contributed by atoms with Crippen molar-refractivity contribution in [3.8, 4) is 5.75 Å². The van der Waals surface area contributed by atoms with E-state index in [1.165, 1.54) is 0 Å². The van der Waals surface area contributed by atoms with Gasteiger partial charge in [0, 0.05) is 17.3 Å². The first-order chi connectivity index (χ1) is 6.57. The Balaban J connectivity index is 2.45. The molecular formula is C10H17BrN2O. The number of aromatic nitrogens is 2. The first kappa shape index (κ1) is 11.6. The molecule has 0 unspecified atom stereocenters. The Morgan fingerprint density at radius 1 is 1.57 bits per heavy atom. The van der Waals surface area contributed by atoms with E-state index in [-0.39, 0.29) is 5.41 Å². The minimum Gasteiger partial charge on any atom is -0.490 e. The molecule has 0 aliphatic heterocycles. The molecule has 0 aromatic carbocycles. The molecule has 0 atom stereocenters. The summed E-state index contributed by atoms with van der Waals surface area (Å²) < 4.78 is 7.49. The Morgan fingerprint density at radius 2 is 2.29 bits per heavy atom. The summed E-state index contributed by atoms with van der Waals surface area (Å²) in [4.78, 5) is 0. The molecule has 1 heterocycles. The second-order valence-electron chi connectivity index (χ2n) is 4.12. The highest BCUT2D eigenvalue weighted by Gasteiger charge is 2.17. The summed E-state index contributed by atoms with van der Waals surface area (Å²) in [5.41, 5.74) is 0.161. The lowest BCUT2D eigenvalue weighted by atomic mass is 9.99. The molecule has 0 N–H and O–H groups in total. The Hall–Kier alpha value is -0.510. The number of hydrogen-bond acceptors (Lipinski definition) is 2. The van der Waals surface area contributed by atoms with Gasteiger partial charge in [-0.05, 0) is 6.92 Å². The summed E-state index contributed by atoms with van der Waals surface area (Å²) in [5, 5.41) is 5.07. The van der Waals surface area contributed by atoms with Crippen molar-refractivity contribution < 1.29 is 4.74 Å². The summed E-state index contributed by atoms with van der Waals surface area (Å²) in [7, 11) is 0. The van der Waals surface area contributed by atoms with E-state index >= 15 is 0 Å². The lowest BCUT2D eigenvalue weighted by Gasteiger charge is -2.20. The summed E-state index contributed by atoms with van der Waals surface area (Å²) in [6.07, 6.45) is 3.68. The van der Waals surface area contributed by atoms with E-state index in [0.717, 1.165) is 17.6 Å². The van der Waals surface area contributed by atoms with Crippen LogP contribution < -0.4 is 4.74 Å². The molecule has 0 saturated heterocycles. The fourth-order valence-corrected chi connectivity index (χ4v) is 1.07. The lowest BCUT2D eigenvalue weighted by molar-refractivity contribution is 0.203. The van der Waals surface area contributed by atoms with E-state index in [2.05, 4.69) is 41.8 Å². The van der Waals surface area contributed by atoms with E-state index in [4.69, 9.17) is 4.74 Å². The van der Waals surface area contributed by atoms with Crippen LogP contribution in [0.15, 0.2) is 12.4 Å². The van der Waals surface area contributed by atoms with Crippen LogP contribution >= 0.6 is 15.9 Å². The van der Waals surface area contributed by atoms with Gasteiger partial charge in [-0.15, -0.1) is 0 Å². The van der Waals surface area contributed by atoms with Gasteiger partial charge in [0.1, 0.15) is 0 Å². The quantitative estimate of drug-likeness (QED) is 0.762. The molecule has 0 fully saturated rings. The predicted octanol–water partition coefficient (Wildman–Crippen LogP) is 2.70. The number of halogens is 1. The van der Waals surface area contributed by atoms with Gasteiger partial charge in [-0.1, -0.05) is 29.8 Å². The highest BCUT2D eigenvalue weighted by molar-refractivity contribution is 9.09. The third-order valence-electron chi connectivity index (χ3n) is 1.92. The highest BCUT2D eigenvalue weighted by atomic mass is 79.9. The number of ether oxygens (including phenoxy) is 1. The van der Waals surface area contributed by atoms with E-state index in [1.54, 1.807) is 6.20 Å². The Kier molecular flexibility index (Phi) is 3.98. The standard InChI is InChI=1S/C10H17BrN2O/c1-4-13-6-9(5-12-13)14-8-10(2,3)7-11/h5-6H,4,7-8H2,1-3H3. The van der Waals surface area contributed by atoms with E-state index in [0.29, 0.717) is 6.61 Å². The molecule has 4 heteroatoms. The van der Waals surface area contributed by atoms with Crippen LogP contribution in [0.5, 0.6) is 5.75 Å². The van der Waals surface area contributed by atoms with Gasteiger partial charge >= 0.3 is 0 Å². The van der Waals surface area contributed by atoms with Gasteiger partial charge in [0.2, 0.25) is 0 Å². The summed E-state index contributed by atoms with van der Waals surface area (Å²) >= 11 is 3.46.